The van der Waals surface area contributed by atoms with E-state index in [9.17, 15) is 18.0 Å². The summed E-state index contributed by atoms with van der Waals surface area (Å²) in [5.41, 5.74) is 1.60. The molecule has 0 fully saturated rings. The third-order valence-electron chi connectivity index (χ3n) is 5.65. The molecular weight excluding hydrogens is 557 g/mol. The van der Waals surface area contributed by atoms with Gasteiger partial charge in [0.25, 0.3) is 0 Å². The van der Waals surface area contributed by atoms with Crippen molar-refractivity contribution in [2.24, 2.45) is 0 Å². The van der Waals surface area contributed by atoms with E-state index in [2.05, 4.69) is 5.32 Å². The Morgan fingerprint density at radius 2 is 1.59 bits per heavy atom. The van der Waals surface area contributed by atoms with E-state index in [1.54, 1.807) is 36.4 Å². The van der Waals surface area contributed by atoms with Gasteiger partial charge >= 0.3 is 0 Å². The molecule has 0 aromatic heterocycles. The molecule has 0 heterocycles. The molecule has 3 aromatic rings. The van der Waals surface area contributed by atoms with Gasteiger partial charge in [0, 0.05) is 35.1 Å². The maximum atomic E-state index is 13.8. The molecule has 3 aromatic carbocycles. The first-order chi connectivity index (χ1) is 17.5. The number of hydrogen-bond donors (Lipinski definition) is 1. The number of amides is 2. The number of halogens is 3. The van der Waals surface area contributed by atoms with Crippen LogP contribution in [0.1, 0.15) is 11.1 Å². The number of anilines is 1. The van der Waals surface area contributed by atoms with Crippen molar-refractivity contribution < 1.29 is 18.0 Å². The summed E-state index contributed by atoms with van der Waals surface area (Å²) in [6, 6.07) is 19.3. The number of carbonyl (C=O) groups is 2. The van der Waals surface area contributed by atoms with Gasteiger partial charge in [-0.05, 0) is 41.5 Å². The van der Waals surface area contributed by atoms with Gasteiger partial charge in [-0.3, -0.25) is 13.9 Å². The monoisotopic (exact) mass is 581 g/mol. The molecule has 0 unspecified atom stereocenters. The highest BCUT2D eigenvalue weighted by molar-refractivity contribution is 7.92. The van der Waals surface area contributed by atoms with E-state index < -0.39 is 34.4 Å². The van der Waals surface area contributed by atoms with Gasteiger partial charge in [-0.15, -0.1) is 0 Å². The molecule has 1 atom stereocenters. The molecule has 0 saturated carbocycles. The fourth-order valence-corrected chi connectivity index (χ4v) is 5.29. The van der Waals surface area contributed by atoms with E-state index in [4.69, 9.17) is 34.8 Å². The maximum Gasteiger partial charge on any atom is 0.244 e. The molecule has 7 nitrogen and oxygen atoms in total. The van der Waals surface area contributed by atoms with Crippen LogP contribution in [0.2, 0.25) is 15.1 Å². The predicted molar refractivity (Wildman–Crippen MR) is 149 cm³/mol. The molecule has 0 aliphatic heterocycles. The molecular formula is C26H26Cl3N3O4S. The van der Waals surface area contributed by atoms with Crippen molar-refractivity contribution in [3.8, 4) is 0 Å². The first-order valence-electron chi connectivity index (χ1n) is 11.2. The molecule has 37 heavy (non-hydrogen) atoms. The predicted octanol–water partition coefficient (Wildman–Crippen LogP) is 4.80. The lowest BCUT2D eigenvalue weighted by molar-refractivity contribution is -0.139. The van der Waals surface area contributed by atoms with Gasteiger partial charge in [0.2, 0.25) is 21.8 Å². The fourth-order valence-electron chi connectivity index (χ4n) is 3.80. The summed E-state index contributed by atoms with van der Waals surface area (Å²) in [5, 5.41) is 3.67. The minimum absolute atomic E-state index is 0.0487. The molecule has 0 radical (unpaired) electrons. The molecule has 0 saturated heterocycles. The lowest BCUT2D eigenvalue weighted by Crippen LogP contribution is -2.52. The van der Waals surface area contributed by atoms with E-state index in [1.807, 2.05) is 30.3 Å². The Morgan fingerprint density at radius 1 is 0.919 bits per heavy atom. The molecule has 196 valence electrons. The summed E-state index contributed by atoms with van der Waals surface area (Å²) < 4.78 is 26.4. The fraction of sp³-hybridized carbons (Fsp3) is 0.231. The Balaban J connectivity index is 2.05. The summed E-state index contributed by atoms with van der Waals surface area (Å²) in [7, 11) is -2.40. The minimum Gasteiger partial charge on any atom is -0.357 e. The Morgan fingerprint density at radius 3 is 2.19 bits per heavy atom. The van der Waals surface area contributed by atoms with Crippen molar-refractivity contribution in [3.63, 3.8) is 0 Å². The Kier molecular flexibility index (Phi) is 9.84. The number of nitrogens with zero attached hydrogens (tertiary/aromatic N) is 2. The smallest absolute Gasteiger partial charge is 0.244 e. The first-order valence-corrected chi connectivity index (χ1v) is 14.2. The third-order valence-corrected chi connectivity index (χ3v) is 7.61. The average Bonchev–Trinajstić information content (AvgIpc) is 2.85. The van der Waals surface area contributed by atoms with Gasteiger partial charge in [-0.25, -0.2) is 8.42 Å². The zero-order chi connectivity index (χ0) is 27.2. The number of benzene rings is 3. The summed E-state index contributed by atoms with van der Waals surface area (Å²) in [5.74, 6) is -1.00. The SMILES string of the molecule is CNC(=O)[C@H](Cc1ccccc1)N(Cc1ccc(Cl)cc1Cl)C(=O)CN(c1cccc(Cl)c1)S(C)(=O)=O. The minimum atomic E-state index is -3.88. The largest absolute Gasteiger partial charge is 0.357 e. The molecule has 0 spiro atoms. The van der Waals surface area contributed by atoms with Crippen molar-refractivity contribution >= 4 is 62.3 Å². The van der Waals surface area contributed by atoms with Crippen LogP contribution in [0.15, 0.2) is 72.8 Å². The number of carbonyl (C=O) groups excluding carboxylic acids is 2. The van der Waals surface area contributed by atoms with Crippen LogP contribution >= 0.6 is 34.8 Å². The van der Waals surface area contributed by atoms with E-state index in [0.29, 0.717) is 20.6 Å². The standard InChI is InChI=1S/C26H26Cl3N3O4S/c1-30-26(34)24(13-18-7-4-3-5-8-18)31(16-19-11-12-21(28)15-23(19)29)25(33)17-32(37(2,35)36)22-10-6-9-20(27)14-22/h3-12,14-15,24H,13,16-17H2,1-2H3,(H,30,34)/t24-/m0/s1. The topological polar surface area (TPSA) is 86.8 Å². The highest BCUT2D eigenvalue weighted by Crippen LogP contribution is 2.26. The molecule has 0 aliphatic carbocycles. The van der Waals surface area contributed by atoms with Crippen LogP contribution in [-0.2, 0) is 32.6 Å². The zero-order valence-corrected chi connectivity index (χ0v) is 23.3. The average molecular weight is 583 g/mol. The second kappa shape index (κ2) is 12.6. The molecule has 11 heteroatoms. The van der Waals surface area contributed by atoms with E-state index in [0.717, 1.165) is 16.1 Å². The second-order valence-electron chi connectivity index (χ2n) is 8.33. The van der Waals surface area contributed by atoms with Crippen LogP contribution in [0.3, 0.4) is 0 Å². The number of hydrogen-bond acceptors (Lipinski definition) is 4. The lowest BCUT2D eigenvalue weighted by atomic mass is 10.0. The van der Waals surface area contributed by atoms with Crippen molar-refractivity contribution in [2.75, 3.05) is 24.2 Å². The number of rotatable bonds is 10. The van der Waals surface area contributed by atoms with Crippen LogP contribution < -0.4 is 9.62 Å². The molecule has 0 bridgehead atoms. The van der Waals surface area contributed by atoms with Crippen LogP contribution in [-0.4, -0.2) is 51.0 Å². The second-order valence-corrected chi connectivity index (χ2v) is 11.5. The number of likely N-dealkylation sites (N-methyl/N-ethyl adjacent to an activating group) is 1. The molecule has 2 amide bonds. The third kappa shape index (κ3) is 7.85. The van der Waals surface area contributed by atoms with Crippen molar-refractivity contribution in [1.82, 2.24) is 10.2 Å². The van der Waals surface area contributed by atoms with Gasteiger partial charge in [-0.2, -0.15) is 0 Å². The summed E-state index contributed by atoms with van der Waals surface area (Å²) in [6.07, 6.45) is 1.20. The Hall–Kier alpha value is -2.78. The molecule has 3 rings (SSSR count). The summed E-state index contributed by atoms with van der Waals surface area (Å²) in [4.78, 5) is 28.2. The van der Waals surface area contributed by atoms with Crippen LogP contribution in [0.25, 0.3) is 0 Å². The van der Waals surface area contributed by atoms with E-state index in [1.165, 1.54) is 18.0 Å². The zero-order valence-electron chi connectivity index (χ0n) is 20.2. The van der Waals surface area contributed by atoms with E-state index >= 15 is 0 Å². The van der Waals surface area contributed by atoms with Gasteiger partial charge in [0.05, 0.1) is 11.9 Å². The van der Waals surface area contributed by atoms with Crippen LogP contribution in [0.5, 0.6) is 0 Å². The number of sulfonamides is 1. The maximum absolute atomic E-state index is 13.8. The van der Waals surface area contributed by atoms with Gasteiger partial charge in [0.1, 0.15) is 12.6 Å². The first kappa shape index (κ1) is 28.8. The Bertz CT molecular complexity index is 1370. The van der Waals surface area contributed by atoms with Crippen molar-refractivity contribution in [1.29, 1.82) is 0 Å². The quantitative estimate of drug-likeness (QED) is 0.372. The highest BCUT2D eigenvalue weighted by atomic mass is 35.5. The highest BCUT2D eigenvalue weighted by Gasteiger charge is 2.33. The lowest BCUT2D eigenvalue weighted by Gasteiger charge is -2.33. The van der Waals surface area contributed by atoms with Gasteiger partial charge in [-0.1, -0.05) is 77.3 Å². The normalized spacial score (nSPS) is 12.0. The number of nitrogens with one attached hydrogen (secondary N) is 1. The van der Waals surface area contributed by atoms with Crippen LogP contribution in [0.4, 0.5) is 5.69 Å². The van der Waals surface area contributed by atoms with Gasteiger partial charge in [0.15, 0.2) is 0 Å². The molecule has 1 N–H and O–H groups in total. The Labute approximate surface area is 232 Å². The van der Waals surface area contributed by atoms with Crippen molar-refractivity contribution in [3.05, 3.63) is 99.0 Å². The summed E-state index contributed by atoms with van der Waals surface area (Å²) in [6.45, 7) is -0.598. The van der Waals surface area contributed by atoms with Crippen LogP contribution in [0, 0.1) is 0 Å². The van der Waals surface area contributed by atoms with E-state index in [-0.39, 0.29) is 18.7 Å². The molecule has 0 aliphatic rings. The van der Waals surface area contributed by atoms with Gasteiger partial charge < -0.3 is 10.2 Å². The van der Waals surface area contributed by atoms with Crippen molar-refractivity contribution in [2.45, 2.75) is 19.0 Å². The summed E-state index contributed by atoms with van der Waals surface area (Å²) >= 11 is 18.5.